The molecule has 2 N–H and O–H groups in total. The van der Waals surface area contributed by atoms with Crippen molar-refractivity contribution in [1.82, 2.24) is 9.55 Å². The topological polar surface area (TPSA) is 53.1 Å². The van der Waals surface area contributed by atoms with Crippen LogP contribution >= 0.6 is 0 Å². The smallest absolute Gasteiger partial charge is 0.131 e. The molecule has 1 aromatic carbocycles. The Morgan fingerprint density at radius 3 is 2.89 bits per heavy atom. The molecule has 1 fully saturated rings. The summed E-state index contributed by atoms with van der Waals surface area (Å²) in [6, 6.07) is 4.79. The maximum atomic E-state index is 13.3. The molecule has 18 heavy (non-hydrogen) atoms. The summed E-state index contributed by atoms with van der Waals surface area (Å²) in [5, 5.41) is 0. The molecule has 0 unspecified atom stereocenters. The minimum Gasteiger partial charge on any atom is -0.496 e. The fraction of sp³-hybridized carbons (Fsp3) is 0.308. The van der Waals surface area contributed by atoms with Crippen molar-refractivity contribution >= 4 is 5.82 Å². The van der Waals surface area contributed by atoms with Crippen molar-refractivity contribution in [3.8, 4) is 17.0 Å². The zero-order valence-electron chi connectivity index (χ0n) is 10.1. The number of hydrogen-bond acceptors (Lipinski definition) is 3. The van der Waals surface area contributed by atoms with Gasteiger partial charge in [-0.2, -0.15) is 0 Å². The number of hydrogen-bond donors (Lipinski definition) is 1. The van der Waals surface area contributed by atoms with Crippen molar-refractivity contribution in [2.75, 3.05) is 12.8 Å². The quantitative estimate of drug-likeness (QED) is 0.907. The molecule has 1 aromatic heterocycles. The summed E-state index contributed by atoms with van der Waals surface area (Å²) >= 11 is 0. The molecular formula is C13H14FN3O. The molecule has 0 saturated heterocycles. The van der Waals surface area contributed by atoms with Gasteiger partial charge in [-0.3, -0.25) is 0 Å². The van der Waals surface area contributed by atoms with Crippen LogP contribution in [0.15, 0.2) is 24.5 Å². The maximum absolute atomic E-state index is 13.3. The van der Waals surface area contributed by atoms with E-state index in [-0.39, 0.29) is 5.82 Å². The highest BCUT2D eigenvalue weighted by atomic mass is 19.1. The van der Waals surface area contributed by atoms with E-state index in [1.54, 1.807) is 19.5 Å². The summed E-state index contributed by atoms with van der Waals surface area (Å²) in [4.78, 5) is 4.29. The first kappa shape index (κ1) is 11.1. The molecule has 1 heterocycles. The van der Waals surface area contributed by atoms with E-state index in [1.807, 2.05) is 4.57 Å². The van der Waals surface area contributed by atoms with Gasteiger partial charge in [0, 0.05) is 11.6 Å². The molecule has 1 saturated carbocycles. The number of methoxy groups -OCH3 is 1. The molecule has 0 aliphatic heterocycles. The van der Waals surface area contributed by atoms with E-state index in [2.05, 4.69) is 4.98 Å². The van der Waals surface area contributed by atoms with Crippen LogP contribution in [0.2, 0.25) is 0 Å². The summed E-state index contributed by atoms with van der Waals surface area (Å²) < 4.78 is 20.5. The summed E-state index contributed by atoms with van der Waals surface area (Å²) in [5.74, 6) is 0.816. The number of imidazole rings is 1. The molecule has 0 radical (unpaired) electrons. The van der Waals surface area contributed by atoms with Crippen LogP contribution in [0.25, 0.3) is 11.3 Å². The van der Waals surface area contributed by atoms with Crippen LogP contribution in [0.1, 0.15) is 18.9 Å². The average molecular weight is 247 g/mol. The van der Waals surface area contributed by atoms with Crippen molar-refractivity contribution in [2.45, 2.75) is 18.9 Å². The lowest BCUT2D eigenvalue weighted by atomic mass is 10.1. The van der Waals surface area contributed by atoms with Crippen molar-refractivity contribution in [3.05, 3.63) is 30.3 Å². The molecule has 0 amide bonds. The van der Waals surface area contributed by atoms with Gasteiger partial charge in [0.05, 0.1) is 13.4 Å². The van der Waals surface area contributed by atoms with Gasteiger partial charge in [0.25, 0.3) is 0 Å². The lowest BCUT2D eigenvalue weighted by molar-refractivity contribution is 0.415. The fourth-order valence-corrected chi connectivity index (χ4v) is 2.09. The van der Waals surface area contributed by atoms with Crippen molar-refractivity contribution in [3.63, 3.8) is 0 Å². The van der Waals surface area contributed by atoms with E-state index >= 15 is 0 Å². The van der Waals surface area contributed by atoms with Crippen LogP contribution in [0.3, 0.4) is 0 Å². The van der Waals surface area contributed by atoms with E-state index in [0.29, 0.717) is 28.9 Å². The Bertz CT molecular complexity index is 590. The third kappa shape index (κ3) is 1.72. The third-order valence-corrected chi connectivity index (χ3v) is 3.19. The Labute approximate surface area is 104 Å². The number of rotatable bonds is 3. The zero-order chi connectivity index (χ0) is 12.7. The van der Waals surface area contributed by atoms with Gasteiger partial charge >= 0.3 is 0 Å². The molecule has 4 nitrogen and oxygen atoms in total. The highest BCUT2D eigenvalue weighted by molar-refractivity contribution is 5.75. The van der Waals surface area contributed by atoms with Crippen molar-refractivity contribution in [1.29, 1.82) is 0 Å². The normalized spacial score (nSPS) is 14.8. The molecule has 0 spiro atoms. The van der Waals surface area contributed by atoms with Crippen LogP contribution in [0, 0.1) is 5.82 Å². The van der Waals surface area contributed by atoms with E-state index in [9.17, 15) is 4.39 Å². The maximum Gasteiger partial charge on any atom is 0.131 e. The number of nitrogens with zero attached hydrogens (tertiary/aromatic N) is 2. The predicted octanol–water partition coefficient (Wildman–Crippen LogP) is 2.61. The molecule has 1 aliphatic carbocycles. The number of nitrogen functional groups attached to an aromatic ring is 1. The molecule has 0 bridgehead atoms. The summed E-state index contributed by atoms with van der Waals surface area (Å²) in [6.07, 6.45) is 3.97. The van der Waals surface area contributed by atoms with Gasteiger partial charge in [0.15, 0.2) is 0 Å². The first-order chi connectivity index (χ1) is 8.70. The van der Waals surface area contributed by atoms with Crippen LogP contribution < -0.4 is 10.5 Å². The zero-order valence-corrected chi connectivity index (χ0v) is 10.1. The minimum absolute atomic E-state index is 0.328. The van der Waals surface area contributed by atoms with Crippen molar-refractivity contribution < 1.29 is 9.13 Å². The standard InChI is InChI=1S/C13H14FN3O/c1-18-11-5-2-8(14)6-10(11)12-13(15)17(7-16-12)9-3-4-9/h2,5-7,9H,3-4,15H2,1H3. The fourth-order valence-electron chi connectivity index (χ4n) is 2.09. The minimum atomic E-state index is -0.328. The van der Waals surface area contributed by atoms with E-state index in [4.69, 9.17) is 10.5 Å². The number of anilines is 1. The largest absolute Gasteiger partial charge is 0.496 e. The first-order valence-electron chi connectivity index (χ1n) is 5.87. The Kier molecular flexibility index (Phi) is 2.47. The first-order valence-corrected chi connectivity index (χ1v) is 5.87. The van der Waals surface area contributed by atoms with Crippen LogP contribution in [0.5, 0.6) is 5.75 Å². The lowest BCUT2D eigenvalue weighted by Crippen LogP contribution is -2.00. The highest BCUT2D eigenvalue weighted by Gasteiger charge is 2.27. The number of benzene rings is 1. The van der Waals surface area contributed by atoms with E-state index < -0.39 is 0 Å². The SMILES string of the molecule is COc1ccc(F)cc1-c1ncn(C2CC2)c1N. The second-order valence-electron chi connectivity index (χ2n) is 4.46. The number of ether oxygens (including phenoxy) is 1. The Hall–Kier alpha value is -2.04. The van der Waals surface area contributed by atoms with Gasteiger partial charge in [0.2, 0.25) is 0 Å². The Morgan fingerprint density at radius 1 is 1.44 bits per heavy atom. The summed E-state index contributed by atoms with van der Waals surface area (Å²) in [5.41, 5.74) is 7.25. The molecule has 2 aromatic rings. The monoisotopic (exact) mass is 247 g/mol. The Morgan fingerprint density at radius 2 is 2.22 bits per heavy atom. The summed E-state index contributed by atoms with van der Waals surface area (Å²) in [7, 11) is 1.55. The molecule has 5 heteroatoms. The van der Waals surface area contributed by atoms with Crippen LogP contribution in [-0.4, -0.2) is 16.7 Å². The van der Waals surface area contributed by atoms with Gasteiger partial charge < -0.3 is 15.0 Å². The molecule has 94 valence electrons. The molecular weight excluding hydrogens is 233 g/mol. The third-order valence-electron chi connectivity index (χ3n) is 3.19. The van der Waals surface area contributed by atoms with Gasteiger partial charge in [-0.1, -0.05) is 0 Å². The van der Waals surface area contributed by atoms with Gasteiger partial charge in [-0.05, 0) is 31.0 Å². The number of aromatic nitrogens is 2. The van der Waals surface area contributed by atoms with Crippen molar-refractivity contribution in [2.24, 2.45) is 0 Å². The van der Waals surface area contributed by atoms with Crippen LogP contribution in [-0.2, 0) is 0 Å². The van der Waals surface area contributed by atoms with E-state index in [0.717, 1.165) is 12.8 Å². The Balaban J connectivity index is 2.11. The highest BCUT2D eigenvalue weighted by Crippen LogP contribution is 2.40. The lowest BCUT2D eigenvalue weighted by Gasteiger charge is -2.08. The second-order valence-corrected chi connectivity index (χ2v) is 4.46. The van der Waals surface area contributed by atoms with Gasteiger partial charge in [-0.15, -0.1) is 0 Å². The molecule has 3 rings (SSSR count). The molecule has 1 aliphatic rings. The average Bonchev–Trinajstić information content (AvgIpc) is 3.13. The van der Waals surface area contributed by atoms with E-state index in [1.165, 1.54) is 12.1 Å². The van der Waals surface area contributed by atoms with Crippen LogP contribution in [0.4, 0.5) is 10.2 Å². The second kappa shape index (κ2) is 4.01. The summed E-state index contributed by atoms with van der Waals surface area (Å²) in [6.45, 7) is 0. The predicted molar refractivity (Wildman–Crippen MR) is 66.9 cm³/mol. The van der Waals surface area contributed by atoms with Gasteiger partial charge in [-0.25, -0.2) is 9.37 Å². The number of halogens is 1. The van der Waals surface area contributed by atoms with Gasteiger partial charge in [0.1, 0.15) is 23.1 Å². The molecule has 0 atom stereocenters. The number of nitrogens with two attached hydrogens (primary N) is 1.